The Morgan fingerprint density at radius 1 is 1.13 bits per heavy atom. The van der Waals surface area contributed by atoms with Gasteiger partial charge in [-0.1, -0.05) is 42.8 Å². The van der Waals surface area contributed by atoms with E-state index in [2.05, 4.69) is 46.3 Å². The van der Waals surface area contributed by atoms with Gasteiger partial charge < -0.3 is 0 Å². The lowest BCUT2D eigenvalue weighted by Crippen LogP contribution is -2.47. The number of hydrogen-bond donors (Lipinski definition) is 0. The van der Waals surface area contributed by atoms with Gasteiger partial charge in [-0.05, 0) is 36.5 Å². The zero-order valence-corrected chi connectivity index (χ0v) is 13.2. The zero-order chi connectivity index (χ0) is 15.6. The highest BCUT2D eigenvalue weighted by molar-refractivity contribution is 5.67. The second-order valence-corrected chi connectivity index (χ2v) is 6.56. The first kappa shape index (κ1) is 14.6. The molecule has 1 saturated heterocycles. The van der Waals surface area contributed by atoms with E-state index in [1.807, 2.05) is 6.07 Å². The molecule has 1 aromatic heterocycles. The van der Waals surface area contributed by atoms with E-state index in [4.69, 9.17) is 0 Å². The van der Waals surface area contributed by atoms with Crippen LogP contribution in [0.4, 0.5) is 4.39 Å². The van der Waals surface area contributed by atoms with Gasteiger partial charge in [-0.3, -0.25) is 9.88 Å². The molecule has 0 aliphatic carbocycles. The molecule has 3 heterocycles. The number of pyridine rings is 1. The van der Waals surface area contributed by atoms with Crippen molar-refractivity contribution < 1.29 is 4.39 Å². The Balaban J connectivity index is 1.62. The zero-order valence-electron chi connectivity index (χ0n) is 13.2. The molecule has 2 nitrogen and oxygen atoms in total. The molecule has 23 heavy (non-hydrogen) atoms. The van der Waals surface area contributed by atoms with Crippen molar-refractivity contribution in [1.29, 1.82) is 0 Å². The van der Waals surface area contributed by atoms with E-state index in [1.54, 1.807) is 6.20 Å². The molecule has 0 radical (unpaired) electrons. The third-order valence-corrected chi connectivity index (χ3v) is 5.11. The normalized spacial score (nSPS) is 24.3. The summed E-state index contributed by atoms with van der Waals surface area (Å²) < 4.78 is 14.1. The highest BCUT2D eigenvalue weighted by atomic mass is 19.1. The van der Waals surface area contributed by atoms with Crippen molar-refractivity contribution >= 4 is 5.57 Å². The van der Waals surface area contributed by atoms with Gasteiger partial charge in [-0.25, -0.2) is 4.39 Å². The lowest BCUT2D eigenvalue weighted by atomic mass is 9.82. The molecule has 2 aromatic rings. The fourth-order valence-corrected chi connectivity index (χ4v) is 3.99. The van der Waals surface area contributed by atoms with Crippen LogP contribution in [0.25, 0.3) is 5.57 Å². The number of benzene rings is 1. The van der Waals surface area contributed by atoms with Crippen LogP contribution in [0.1, 0.15) is 36.8 Å². The predicted octanol–water partition coefficient (Wildman–Crippen LogP) is 4.43. The van der Waals surface area contributed by atoms with Crippen LogP contribution in [0.2, 0.25) is 0 Å². The molecule has 0 amide bonds. The van der Waals surface area contributed by atoms with Crippen molar-refractivity contribution in [2.75, 3.05) is 0 Å². The molecule has 0 spiro atoms. The Hall–Kier alpha value is -2.00. The molecule has 118 valence electrons. The second kappa shape index (κ2) is 6.25. The molecule has 0 N–H and O–H groups in total. The molecule has 2 aliphatic rings. The van der Waals surface area contributed by atoms with E-state index in [9.17, 15) is 4.39 Å². The standard InChI is InChI=1S/C20H21FN2/c21-20-13-22-10-9-19(20)16-11-17-7-4-8-18(12-16)23(17)14-15-5-2-1-3-6-15/h1-3,5-6,9-11,13,17-18H,4,7-8,12,14H2. The number of hydrogen-bond acceptors (Lipinski definition) is 2. The minimum atomic E-state index is -0.201. The highest BCUT2D eigenvalue weighted by Crippen LogP contribution is 2.38. The van der Waals surface area contributed by atoms with Crippen LogP contribution < -0.4 is 0 Å². The average molecular weight is 308 g/mol. The molecule has 2 unspecified atom stereocenters. The molecular weight excluding hydrogens is 287 g/mol. The van der Waals surface area contributed by atoms with Crippen LogP contribution in [-0.2, 0) is 6.54 Å². The van der Waals surface area contributed by atoms with Gasteiger partial charge in [-0.15, -0.1) is 0 Å². The Kier molecular flexibility index (Phi) is 3.96. The van der Waals surface area contributed by atoms with Gasteiger partial charge in [0.1, 0.15) is 5.82 Å². The maximum Gasteiger partial charge on any atom is 0.148 e. The molecular formula is C20H21FN2. The van der Waals surface area contributed by atoms with Gasteiger partial charge in [-0.2, -0.15) is 0 Å². The van der Waals surface area contributed by atoms with E-state index in [1.165, 1.54) is 31.0 Å². The fraction of sp³-hybridized carbons (Fsp3) is 0.350. The van der Waals surface area contributed by atoms with E-state index < -0.39 is 0 Å². The van der Waals surface area contributed by atoms with Gasteiger partial charge in [0.25, 0.3) is 0 Å². The number of piperidine rings is 1. The first-order valence-corrected chi connectivity index (χ1v) is 8.41. The molecule has 2 atom stereocenters. The average Bonchev–Trinajstić information content (AvgIpc) is 2.56. The molecule has 1 aromatic carbocycles. The SMILES string of the molecule is Fc1cnccc1C1=CC2CCCC(C1)N2Cc1ccccc1. The van der Waals surface area contributed by atoms with Crippen LogP contribution in [0.5, 0.6) is 0 Å². The van der Waals surface area contributed by atoms with Gasteiger partial charge >= 0.3 is 0 Å². The molecule has 2 aliphatic heterocycles. The van der Waals surface area contributed by atoms with E-state index in [0.29, 0.717) is 12.1 Å². The highest BCUT2D eigenvalue weighted by Gasteiger charge is 2.34. The Labute approximate surface area is 136 Å². The summed E-state index contributed by atoms with van der Waals surface area (Å²) in [6.45, 7) is 0.985. The van der Waals surface area contributed by atoms with Crippen LogP contribution >= 0.6 is 0 Å². The summed E-state index contributed by atoms with van der Waals surface area (Å²) in [5, 5.41) is 0. The summed E-state index contributed by atoms with van der Waals surface area (Å²) in [5.41, 5.74) is 3.25. The van der Waals surface area contributed by atoms with E-state index in [-0.39, 0.29) is 5.82 Å². The lowest BCUT2D eigenvalue weighted by molar-refractivity contribution is 0.0950. The maximum atomic E-state index is 14.1. The van der Waals surface area contributed by atoms with Gasteiger partial charge in [0.05, 0.1) is 6.20 Å². The Morgan fingerprint density at radius 2 is 2.00 bits per heavy atom. The molecule has 0 saturated carbocycles. The molecule has 3 heteroatoms. The summed E-state index contributed by atoms with van der Waals surface area (Å²) in [6.07, 6.45) is 9.87. The minimum Gasteiger partial charge on any atom is -0.289 e. The van der Waals surface area contributed by atoms with Gasteiger partial charge in [0.2, 0.25) is 0 Å². The summed E-state index contributed by atoms with van der Waals surface area (Å²) in [6, 6.07) is 13.4. The quantitative estimate of drug-likeness (QED) is 0.834. The Morgan fingerprint density at radius 3 is 2.78 bits per heavy atom. The predicted molar refractivity (Wildman–Crippen MR) is 90.2 cm³/mol. The van der Waals surface area contributed by atoms with Crippen molar-refractivity contribution in [2.24, 2.45) is 0 Å². The number of rotatable bonds is 3. The maximum absolute atomic E-state index is 14.1. The third-order valence-electron chi connectivity index (χ3n) is 5.11. The number of aromatic nitrogens is 1. The number of nitrogens with zero attached hydrogens (tertiary/aromatic N) is 2. The summed E-state index contributed by atoms with van der Waals surface area (Å²) in [5.74, 6) is -0.201. The van der Waals surface area contributed by atoms with Gasteiger partial charge in [0.15, 0.2) is 0 Å². The summed E-state index contributed by atoms with van der Waals surface area (Å²) in [7, 11) is 0. The minimum absolute atomic E-state index is 0.201. The van der Waals surface area contributed by atoms with Gasteiger partial charge in [0, 0.05) is 30.4 Å². The van der Waals surface area contributed by atoms with Crippen LogP contribution in [0.3, 0.4) is 0 Å². The first-order chi connectivity index (χ1) is 11.3. The van der Waals surface area contributed by atoms with Crippen molar-refractivity contribution in [3.8, 4) is 0 Å². The second-order valence-electron chi connectivity index (χ2n) is 6.56. The summed E-state index contributed by atoms with van der Waals surface area (Å²) in [4.78, 5) is 6.47. The monoisotopic (exact) mass is 308 g/mol. The van der Waals surface area contributed by atoms with E-state index >= 15 is 0 Å². The molecule has 2 bridgehead atoms. The van der Waals surface area contributed by atoms with Crippen molar-refractivity contribution in [3.63, 3.8) is 0 Å². The largest absolute Gasteiger partial charge is 0.289 e. The topological polar surface area (TPSA) is 16.1 Å². The third kappa shape index (κ3) is 2.93. The van der Waals surface area contributed by atoms with Crippen molar-refractivity contribution in [1.82, 2.24) is 9.88 Å². The van der Waals surface area contributed by atoms with Crippen molar-refractivity contribution in [2.45, 2.75) is 44.3 Å². The Bertz CT molecular complexity index is 711. The lowest BCUT2D eigenvalue weighted by Gasteiger charge is -2.45. The van der Waals surface area contributed by atoms with Crippen LogP contribution in [0, 0.1) is 5.82 Å². The molecule has 1 fully saturated rings. The number of halogens is 1. The first-order valence-electron chi connectivity index (χ1n) is 8.41. The fourth-order valence-electron chi connectivity index (χ4n) is 3.99. The van der Waals surface area contributed by atoms with Crippen LogP contribution in [0.15, 0.2) is 54.9 Å². The number of fused-ring (bicyclic) bond motifs is 2. The smallest absolute Gasteiger partial charge is 0.148 e. The van der Waals surface area contributed by atoms with E-state index in [0.717, 1.165) is 24.1 Å². The van der Waals surface area contributed by atoms with Crippen molar-refractivity contribution in [3.05, 3.63) is 71.8 Å². The van der Waals surface area contributed by atoms with Crippen LogP contribution in [-0.4, -0.2) is 22.0 Å². The summed E-state index contributed by atoms with van der Waals surface area (Å²) >= 11 is 0. The molecule has 4 rings (SSSR count).